The van der Waals surface area contributed by atoms with Gasteiger partial charge in [0, 0.05) is 45.6 Å². The number of aromatic nitrogens is 3. The molecule has 9 aromatic rings. The monoisotopic (exact) mass is 668 g/mol. The predicted molar refractivity (Wildman–Crippen MR) is 217 cm³/mol. The van der Waals surface area contributed by atoms with Crippen LogP contribution in [0.1, 0.15) is 30.3 Å². The standard InChI is InChI=1S/C49H33N3/c1-2-10-35(11-3-1)45-30-47(52-46-15-7-6-14-44(45)46)42-28-40(34-18-16-33(17-19-34)38-22-20-32-9-4-5-12-37(32)25-38)27-41(29-42)43-26-39-23-21-36-13-8-24-50-48(36)49(39)51-31-43/h1-16,18-31,33H,17H2/i1D,2D,3D,10D,11D. The first-order chi connectivity index (χ1) is 27.8. The summed E-state index contributed by atoms with van der Waals surface area (Å²) < 4.78 is 42.8. The number of nitrogens with zero attached hydrogens (tertiary/aromatic N) is 3. The van der Waals surface area contributed by atoms with Crippen molar-refractivity contribution in [3.63, 3.8) is 0 Å². The molecule has 1 atom stereocenters. The summed E-state index contributed by atoms with van der Waals surface area (Å²) in [5.74, 6) is 0.246. The number of pyridine rings is 3. The maximum absolute atomic E-state index is 8.85. The van der Waals surface area contributed by atoms with Gasteiger partial charge in [0.15, 0.2) is 0 Å². The van der Waals surface area contributed by atoms with Crippen molar-refractivity contribution in [1.82, 2.24) is 15.0 Å². The molecule has 0 amide bonds. The summed E-state index contributed by atoms with van der Waals surface area (Å²) in [6, 6.07) is 39.6. The molecule has 1 aliphatic carbocycles. The molecular formula is C49H33N3. The number of fused-ring (bicyclic) bond motifs is 5. The Morgan fingerprint density at radius 2 is 1.35 bits per heavy atom. The molecular weight excluding hydrogens is 631 g/mol. The van der Waals surface area contributed by atoms with Crippen LogP contribution in [-0.4, -0.2) is 15.0 Å². The SMILES string of the molecule is [2H]c1c([2H])c([2H])c(-c2cc(-c3cc(C4=CCC(c5ccc6ccccc6c5)C=C4)cc(-c4cnc5c(ccc6cccnc65)c4)c3)nc3ccccc23)c([2H])c1[2H]. The van der Waals surface area contributed by atoms with Gasteiger partial charge in [-0.05, 0) is 93.0 Å². The smallest absolute Gasteiger partial charge is 0.0964 e. The number of hydrogen-bond donors (Lipinski definition) is 0. The average Bonchev–Trinajstić information content (AvgIpc) is 3.27. The van der Waals surface area contributed by atoms with Crippen molar-refractivity contribution < 1.29 is 6.85 Å². The van der Waals surface area contributed by atoms with Crippen LogP contribution in [0.4, 0.5) is 0 Å². The quantitative estimate of drug-likeness (QED) is 0.171. The second-order valence-electron chi connectivity index (χ2n) is 13.3. The maximum atomic E-state index is 8.85. The molecule has 0 fully saturated rings. The molecule has 3 aromatic heterocycles. The molecule has 0 saturated carbocycles. The van der Waals surface area contributed by atoms with Gasteiger partial charge in [-0.1, -0.05) is 127 Å². The predicted octanol–water partition coefficient (Wildman–Crippen LogP) is 12.6. The Balaban J connectivity index is 1.14. The minimum absolute atomic E-state index is 0.148. The molecule has 3 heterocycles. The molecule has 0 N–H and O–H groups in total. The van der Waals surface area contributed by atoms with Gasteiger partial charge in [0.1, 0.15) is 0 Å². The first-order valence-electron chi connectivity index (χ1n) is 19.9. The second-order valence-corrected chi connectivity index (χ2v) is 13.3. The van der Waals surface area contributed by atoms with E-state index >= 15 is 0 Å². The van der Waals surface area contributed by atoms with E-state index in [1.54, 1.807) is 6.20 Å². The summed E-state index contributed by atoms with van der Waals surface area (Å²) in [7, 11) is 0. The van der Waals surface area contributed by atoms with Gasteiger partial charge in [-0.3, -0.25) is 9.97 Å². The van der Waals surface area contributed by atoms with Crippen LogP contribution in [0.15, 0.2) is 182 Å². The number of rotatable bonds is 5. The Kier molecular flexibility index (Phi) is 6.10. The van der Waals surface area contributed by atoms with Gasteiger partial charge in [0.2, 0.25) is 0 Å². The van der Waals surface area contributed by atoms with Gasteiger partial charge >= 0.3 is 0 Å². The van der Waals surface area contributed by atoms with E-state index in [0.29, 0.717) is 22.2 Å². The number of para-hydroxylation sites is 1. The van der Waals surface area contributed by atoms with E-state index in [0.717, 1.165) is 56.1 Å². The zero-order valence-electron chi connectivity index (χ0n) is 33.1. The van der Waals surface area contributed by atoms with Crippen LogP contribution in [0, 0.1) is 0 Å². The highest BCUT2D eigenvalue weighted by atomic mass is 14.7. The van der Waals surface area contributed by atoms with Gasteiger partial charge in [0.05, 0.1) is 29.1 Å². The van der Waals surface area contributed by atoms with E-state index in [9.17, 15) is 0 Å². The minimum atomic E-state index is -0.422. The summed E-state index contributed by atoms with van der Waals surface area (Å²) in [5, 5.41) is 5.17. The lowest BCUT2D eigenvalue weighted by Gasteiger charge is -2.19. The average molecular weight is 669 g/mol. The lowest BCUT2D eigenvalue weighted by molar-refractivity contribution is 0.858. The van der Waals surface area contributed by atoms with Crippen LogP contribution in [0.3, 0.4) is 0 Å². The van der Waals surface area contributed by atoms with Gasteiger partial charge in [-0.25, -0.2) is 4.98 Å². The summed E-state index contributed by atoms with van der Waals surface area (Å²) >= 11 is 0. The van der Waals surface area contributed by atoms with Crippen molar-refractivity contribution in [3.8, 4) is 33.5 Å². The highest BCUT2D eigenvalue weighted by molar-refractivity contribution is 6.04. The summed E-state index contributed by atoms with van der Waals surface area (Å²) in [6.07, 6.45) is 11.3. The van der Waals surface area contributed by atoms with E-state index in [-0.39, 0.29) is 35.7 Å². The first kappa shape index (κ1) is 25.3. The van der Waals surface area contributed by atoms with Crippen molar-refractivity contribution in [2.24, 2.45) is 0 Å². The molecule has 1 aliphatic rings. The summed E-state index contributed by atoms with van der Waals surface area (Å²) in [4.78, 5) is 14.7. The summed E-state index contributed by atoms with van der Waals surface area (Å²) in [5.41, 5.74) is 9.73. The van der Waals surface area contributed by atoms with Crippen LogP contribution in [0.2, 0.25) is 0 Å². The number of hydrogen-bond acceptors (Lipinski definition) is 3. The molecule has 52 heavy (non-hydrogen) atoms. The van der Waals surface area contributed by atoms with E-state index in [4.69, 9.17) is 16.8 Å². The Morgan fingerprint density at radius 3 is 2.25 bits per heavy atom. The van der Waals surface area contributed by atoms with E-state index in [1.165, 1.54) is 16.3 Å². The third kappa shape index (κ3) is 5.44. The van der Waals surface area contributed by atoms with Gasteiger partial charge in [0.25, 0.3) is 0 Å². The molecule has 0 radical (unpaired) electrons. The largest absolute Gasteiger partial charge is 0.254 e. The molecule has 10 rings (SSSR count). The Hall–Kier alpha value is -6.71. The molecule has 3 nitrogen and oxygen atoms in total. The molecule has 6 aromatic carbocycles. The van der Waals surface area contributed by atoms with Crippen molar-refractivity contribution in [2.45, 2.75) is 12.3 Å². The number of allylic oxidation sites excluding steroid dienone is 4. The zero-order chi connectivity index (χ0) is 38.8. The van der Waals surface area contributed by atoms with Crippen molar-refractivity contribution in [2.75, 3.05) is 0 Å². The van der Waals surface area contributed by atoms with Gasteiger partial charge in [-0.2, -0.15) is 0 Å². The minimum Gasteiger partial charge on any atom is -0.254 e. The van der Waals surface area contributed by atoms with Crippen LogP contribution in [0.5, 0.6) is 0 Å². The molecule has 0 spiro atoms. The lowest BCUT2D eigenvalue weighted by atomic mass is 9.86. The van der Waals surface area contributed by atoms with Crippen molar-refractivity contribution >= 4 is 49.1 Å². The fourth-order valence-corrected chi connectivity index (χ4v) is 7.44. The lowest BCUT2D eigenvalue weighted by Crippen LogP contribution is -1.99. The van der Waals surface area contributed by atoms with E-state index < -0.39 is 6.04 Å². The summed E-state index contributed by atoms with van der Waals surface area (Å²) in [6.45, 7) is 0. The number of benzene rings is 6. The third-order valence-corrected chi connectivity index (χ3v) is 10.1. The first-order valence-corrected chi connectivity index (χ1v) is 17.4. The van der Waals surface area contributed by atoms with Crippen molar-refractivity contribution in [3.05, 3.63) is 193 Å². The molecule has 244 valence electrons. The molecule has 3 heteroatoms. The highest BCUT2D eigenvalue weighted by Gasteiger charge is 2.17. The maximum Gasteiger partial charge on any atom is 0.0964 e. The Labute approximate surface area is 309 Å². The van der Waals surface area contributed by atoms with Gasteiger partial charge < -0.3 is 0 Å². The van der Waals surface area contributed by atoms with Crippen LogP contribution in [-0.2, 0) is 0 Å². The van der Waals surface area contributed by atoms with E-state index in [1.807, 2.05) is 48.7 Å². The Bertz CT molecular complexity index is 3160. The molecule has 0 aliphatic heterocycles. The normalized spacial score (nSPS) is 15.7. The van der Waals surface area contributed by atoms with Crippen LogP contribution >= 0.6 is 0 Å². The van der Waals surface area contributed by atoms with Crippen molar-refractivity contribution in [1.29, 1.82) is 0 Å². The van der Waals surface area contributed by atoms with Crippen LogP contribution in [0.25, 0.3) is 82.6 Å². The van der Waals surface area contributed by atoms with E-state index in [2.05, 4.69) is 102 Å². The fraction of sp³-hybridized carbons (Fsp3) is 0.0408. The van der Waals surface area contributed by atoms with Gasteiger partial charge in [-0.15, -0.1) is 0 Å². The molecule has 1 unspecified atom stereocenters. The Morgan fingerprint density at radius 1 is 0.577 bits per heavy atom. The zero-order valence-corrected chi connectivity index (χ0v) is 28.1. The molecule has 0 saturated heterocycles. The second kappa shape index (κ2) is 12.6. The third-order valence-electron chi connectivity index (χ3n) is 10.1. The highest BCUT2D eigenvalue weighted by Crippen LogP contribution is 2.38. The van der Waals surface area contributed by atoms with Crippen LogP contribution < -0.4 is 0 Å². The fourth-order valence-electron chi connectivity index (χ4n) is 7.44. The molecule has 0 bridgehead atoms. The topological polar surface area (TPSA) is 38.7 Å².